The number of carbonyl (C=O) groups is 1. The number of amides is 1. The number of aromatic nitrogens is 4. The molecule has 4 aromatic rings. The average Bonchev–Trinajstić information content (AvgIpc) is 3.29. The molecule has 1 unspecified atom stereocenters. The number of fused-ring (bicyclic) bond motifs is 1. The number of hydrogen-bond donors (Lipinski definition) is 2. The molecule has 0 aliphatic rings. The fourth-order valence-corrected chi connectivity index (χ4v) is 4.88. The number of thiophene rings is 1. The van der Waals surface area contributed by atoms with Gasteiger partial charge in [0.1, 0.15) is 10.7 Å². The van der Waals surface area contributed by atoms with Gasteiger partial charge in [-0.25, -0.2) is 4.98 Å². The van der Waals surface area contributed by atoms with Gasteiger partial charge in [-0.2, -0.15) is 4.98 Å². The largest absolute Gasteiger partial charge is 0.339 e. The monoisotopic (exact) mass is 455 g/mol. The highest BCUT2D eigenvalue weighted by Gasteiger charge is 2.18. The van der Waals surface area contributed by atoms with E-state index in [9.17, 15) is 9.59 Å². The van der Waals surface area contributed by atoms with Gasteiger partial charge in [0.2, 0.25) is 17.6 Å². The fourth-order valence-electron chi connectivity index (χ4n) is 3.08. The SMILES string of the molecule is Cc1nc(-c2ccccc2NC(=O)C(C)SCc2nc3sc(C)c(C)c3c(=O)[nH]2)no1. The first kappa shape index (κ1) is 21.3. The number of H-pyrrole nitrogens is 1. The number of nitrogens with zero attached hydrogens (tertiary/aromatic N) is 3. The molecule has 0 saturated heterocycles. The molecule has 8 nitrogen and oxygen atoms in total. The van der Waals surface area contributed by atoms with Crippen LogP contribution in [0.3, 0.4) is 0 Å². The zero-order chi connectivity index (χ0) is 22.1. The Morgan fingerprint density at radius 1 is 1.26 bits per heavy atom. The molecule has 0 aliphatic carbocycles. The zero-order valence-electron chi connectivity index (χ0n) is 17.5. The maximum atomic E-state index is 12.8. The first-order chi connectivity index (χ1) is 14.8. The molecule has 0 radical (unpaired) electrons. The summed E-state index contributed by atoms with van der Waals surface area (Å²) in [6.45, 7) is 7.44. The molecule has 0 saturated carbocycles. The highest BCUT2D eigenvalue weighted by Crippen LogP contribution is 2.28. The Balaban J connectivity index is 1.46. The Hall–Kier alpha value is -2.98. The number of thioether (sulfide) groups is 1. The van der Waals surface area contributed by atoms with E-state index in [1.807, 2.05) is 39.0 Å². The Morgan fingerprint density at radius 3 is 2.77 bits per heavy atom. The molecule has 3 aromatic heterocycles. The Morgan fingerprint density at radius 2 is 2.03 bits per heavy atom. The summed E-state index contributed by atoms with van der Waals surface area (Å²) < 4.78 is 5.05. The van der Waals surface area contributed by atoms with Crippen LogP contribution in [-0.4, -0.2) is 31.3 Å². The van der Waals surface area contributed by atoms with Crippen molar-refractivity contribution in [1.29, 1.82) is 0 Å². The van der Waals surface area contributed by atoms with Crippen LogP contribution in [-0.2, 0) is 10.5 Å². The van der Waals surface area contributed by atoms with Crippen LogP contribution < -0.4 is 10.9 Å². The molecule has 3 heterocycles. The van der Waals surface area contributed by atoms with Crippen LogP contribution in [0, 0.1) is 20.8 Å². The van der Waals surface area contributed by atoms with Crippen molar-refractivity contribution in [2.45, 2.75) is 38.7 Å². The topological polar surface area (TPSA) is 114 Å². The van der Waals surface area contributed by atoms with Crippen LogP contribution in [0.25, 0.3) is 21.6 Å². The first-order valence-corrected chi connectivity index (χ1v) is 11.5. The number of anilines is 1. The van der Waals surface area contributed by atoms with Crippen molar-refractivity contribution in [2.24, 2.45) is 0 Å². The van der Waals surface area contributed by atoms with Crippen molar-refractivity contribution in [3.05, 3.63) is 56.8 Å². The summed E-state index contributed by atoms with van der Waals surface area (Å²) in [4.78, 5) is 38.7. The molecule has 31 heavy (non-hydrogen) atoms. The van der Waals surface area contributed by atoms with E-state index >= 15 is 0 Å². The van der Waals surface area contributed by atoms with E-state index in [1.54, 1.807) is 13.0 Å². The van der Waals surface area contributed by atoms with Crippen molar-refractivity contribution in [2.75, 3.05) is 5.32 Å². The number of nitrogens with one attached hydrogen (secondary N) is 2. The lowest BCUT2D eigenvalue weighted by Gasteiger charge is -2.13. The maximum absolute atomic E-state index is 12.8. The summed E-state index contributed by atoms with van der Waals surface area (Å²) in [6, 6.07) is 7.30. The molecule has 1 atom stereocenters. The number of aryl methyl sites for hydroxylation is 3. The predicted molar refractivity (Wildman–Crippen MR) is 124 cm³/mol. The Kier molecular flexibility index (Phi) is 5.92. The van der Waals surface area contributed by atoms with Gasteiger partial charge in [0, 0.05) is 17.4 Å². The van der Waals surface area contributed by atoms with Crippen molar-refractivity contribution >= 4 is 44.9 Å². The molecule has 10 heteroatoms. The van der Waals surface area contributed by atoms with Gasteiger partial charge in [0.05, 0.1) is 22.1 Å². The fraction of sp³-hybridized carbons (Fsp3) is 0.286. The molecule has 0 aliphatic heterocycles. The minimum atomic E-state index is -0.368. The average molecular weight is 456 g/mol. The third kappa shape index (κ3) is 4.40. The summed E-state index contributed by atoms with van der Waals surface area (Å²) in [5.74, 6) is 1.69. The molecule has 1 amide bonds. The molecule has 0 fully saturated rings. The van der Waals surface area contributed by atoms with E-state index in [1.165, 1.54) is 23.1 Å². The van der Waals surface area contributed by atoms with Crippen molar-refractivity contribution in [3.8, 4) is 11.4 Å². The molecule has 0 spiro atoms. The highest BCUT2D eigenvalue weighted by atomic mass is 32.2. The van der Waals surface area contributed by atoms with E-state index in [2.05, 4.69) is 25.4 Å². The number of benzene rings is 1. The van der Waals surface area contributed by atoms with Crippen LogP contribution in [0.4, 0.5) is 5.69 Å². The van der Waals surface area contributed by atoms with Gasteiger partial charge >= 0.3 is 0 Å². The van der Waals surface area contributed by atoms with E-state index in [4.69, 9.17) is 4.52 Å². The van der Waals surface area contributed by atoms with Gasteiger partial charge in [-0.05, 0) is 38.5 Å². The number of hydrogen-bond acceptors (Lipinski definition) is 8. The number of para-hydroxylation sites is 1. The van der Waals surface area contributed by atoms with Crippen LogP contribution in [0.5, 0.6) is 0 Å². The molecule has 4 rings (SSSR count). The molecule has 1 aromatic carbocycles. The van der Waals surface area contributed by atoms with Crippen LogP contribution in [0.1, 0.15) is 29.1 Å². The van der Waals surface area contributed by atoms with Gasteiger partial charge < -0.3 is 14.8 Å². The lowest BCUT2D eigenvalue weighted by atomic mass is 10.1. The highest BCUT2D eigenvalue weighted by molar-refractivity contribution is 7.99. The van der Waals surface area contributed by atoms with E-state index in [0.717, 1.165) is 15.3 Å². The van der Waals surface area contributed by atoms with E-state index in [0.29, 0.717) is 39.9 Å². The standard InChI is InChI=1S/C21H21N5O3S2/c1-10-11(2)31-21-17(10)20(28)24-16(25-21)9-30-12(3)19(27)23-15-8-6-5-7-14(15)18-22-13(4)29-26-18/h5-8,12H,9H2,1-4H3,(H,23,27)(H,24,25,28). The Bertz CT molecular complexity index is 1320. The molecular formula is C21H21N5O3S2. The van der Waals surface area contributed by atoms with Crippen LogP contribution in [0.2, 0.25) is 0 Å². The zero-order valence-corrected chi connectivity index (χ0v) is 19.1. The predicted octanol–water partition coefficient (Wildman–Crippen LogP) is 4.22. The van der Waals surface area contributed by atoms with E-state index in [-0.39, 0.29) is 16.7 Å². The van der Waals surface area contributed by atoms with Crippen molar-refractivity contribution in [1.82, 2.24) is 20.1 Å². The van der Waals surface area contributed by atoms with Crippen molar-refractivity contribution in [3.63, 3.8) is 0 Å². The van der Waals surface area contributed by atoms with Gasteiger partial charge in [0.25, 0.3) is 5.56 Å². The maximum Gasteiger partial charge on any atom is 0.259 e. The van der Waals surface area contributed by atoms with Gasteiger partial charge in [0.15, 0.2) is 0 Å². The summed E-state index contributed by atoms with van der Waals surface area (Å²) >= 11 is 2.91. The minimum Gasteiger partial charge on any atom is -0.339 e. The summed E-state index contributed by atoms with van der Waals surface area (Å²) in [5, 5.41) is 7.15. The third-order valence-electron chi connectivity index (χ3n) is 4.88. The second kappa shape index (κ2) is 8.64. The first-order valence-electron chi connectivity index (χ1n) is 9.64. The molecule has 0 bridgehead atoms. The van der Waals surface area contributed by atoms with Crippen LogP contribution >= 0.6 is 23.1 Å². The quantitative estimate of drug-likeness (QED) is 0.447. The molecule has 2 N–H and O–H groups in total. The van der Waals surface area contributed by atoms with Gasteiger partial charge in [-0.15, -0.1) is 23.1 Å². The minimum absolute atomic E-state index is 0.135. The Labute approximate surface area is 186 Å². The van der Waals surface area contributed by atoms with Gasteiger partial charge in [-0.3, -0.25) is 9.59 Å². The molecule has 160 valence electrons. The number of aromatic amines is 1. The normalized spacial score (nSPS) is 12.3. The third-order valence-corrected chi connectivity index (χ3v) is 7.14. The summed E-state index contributed by atoms with van der Waals surface area (Å²) in [7, 11) is 0. The second-order valence-electron chi connectivity index (χ2n) is 7.10. The lowest BCUT2D eigenvalue weighted by molar-refractivity contribution is -0.115. The summed E-state index contributed by atoms with van der Waals surface area (Å²) in [5.41, 5.74) is 2.13. The lowest BCUT2D eigenvalue weighted by Crippen LogP contribution is -2.23. The molecular weight excluding hydrogens is 434 g/mol. The van der Waals surface area contributed by atoms with Crippen molar-refractivity contribution < 1.29 is 9.32 Å². The van der Waals surface area contributed by atoms with E-state index < -0.39 is 0 Å². The number of carbonyl (C=O) groups excluding carboxylic acids is 1. The van der Waals surface area contributed by atoms with Gasteiger partial charge in [-0.1, -0.05) is 17.3 Å². The van der Waals surface area contributed by atoms with Crippen LogP contribution in [0.15, 0.2) is 33.6 Å². The smallest absolute Gasteiger partial charge is 0.259 e. The summed E-state index contributed by atoms with van der Waals surface area (Å²) in [6.07, 6.45) is 0. The number of rotatable bonds is 6. The second-order valence-corrected chi connectivity index (χ2v) is 9.63.